The summed E-state index contributed by atoms with van der Waals surface area (Å²) in [5, 5.41) is 11.3. The summed E-state index contributed by atoms with van der Waals surface area (Å²) in [7, 11) is 0. The van der Waals surface area contributed by atoms with Gasteiger partial charge in [-0.1, -0.05) is 6.07 Å². The Hall–Kier alpha value is -3.54. The van der Waals surface area contributed by atoms with Crippen molar-refractivity contribution in [3.05, 3.63) is 81.6 Å². The van der Waals surface area contributed by atoms with Crippen molar-refractivity contribution in [2.75, 3.05) is 0 Å². The fourth-order valence-corrected chi connectivity index (χ4v) is 2.49. The van der Waals surface area contributed by atoms with Crippen LogP contribution in [-0.2, 0) is 0 Å². The molecule has 0 aliphatic carbocycles. The molecule has 6 heteroatoms. The van der Waals surface area contributed by atoms with Crippen LogP contribution < -0.4 is 0 Å². The number of aliphatic imine (C=N–C) groups is 1. The molecule has 0 atom stereocenters. The lowest BCUT2D eigenvalue weighted by atomic mass is 10.1. The Bertz CT molecular complexity index is 1000. The van der Waals surface area contributed by atoms with Gasteiger partial charge in [-0.2, -0.15) is 0 Å². The lowest BCUT2D eigenvalue weighted by Crippen LogP contribution is -1.92. The number of ketones is 1. The molecule has 0 unspecified atom stereocenters. The Kier molecular flexibility index (Phi) is 4.75. The van der Waals surface area contributed by atoms with Crippen LogP contribution in [0.25, 0.3) is 11.3 Å². The fourth-order valence-electron chi connectivity index (χ4n) is 2.49. The quantitative estimate of drug-likeness (QED) is 0.277. The highest BCUT2D eigenvalue weighted by atomic mass is 16.6. The van der Waals surface area contributed by atoms with E-state index in [4.69, 9.17) is 4.42 Å². The molecule has 0 saturated heterocycles. The van der Waals surface area contributed by atoms with Crippen molar-refractivity contribution in [3.8, 4) is 11.3 Å². The first-order valence-corrected chi connectivity index (χ1v) is 7.94. The minimum absolute atomic E-state index is 0.00246. The topological polar surface area (TPSA) is 85.7 Å². The van der Waals surface area contributed by atoms with Gasteiger partial charge in [0.05, 0.1) is 22.4 Å². The molecule has 0 amide bonds. The number of rotatable bonds is 5. The molecule has 0 fully saturated rings. The van der Waals surface area contributed by atoms with Crippen molar-refractivity contribution in [2.45, 2.75) is 13.8 Å². The number of Topliss-reactive ketones (excluding diaryl/α,β-unsaturated/α-hetero) is 1. The SMILES string of the molecule is CC(=O)c1ccc(N=Cc2ccc(-c3ccc(C)cc3[N+](=O)[O-])o2)cc1. The van der Waals surface area contributed by atoms with Gasteiger partial charge in [-0.3, -0.25) is 19.9 Å². The maximum atomic E-state index is 11.3. The minimum Gasteiger partial charge on any atom is -0.455 e. The molecule has 0 saturated carbocycles. The van der Waals surface area contributed by atoms with Crippen LogP contribution in [0.1, 0.15) is 28.6 Å². The van der Waals surface area contributed by atoms with E-state index in [1.165, 1.54) is 19.2 Å². The first kappa shape index (κ1) is 17.3. The molecule has 3 aromatic rings. The van der Waals surface area contributed by atoms with E-state index in [-0.39, 0.29) is 11.5 Å². The lowest BCUT2D eigenvalue weighted by Gasteiger charge is -2.01. The van der Waals surface area contributed by atoms with E-state index in [1.807, 2.05) is 0 Å². The zero-order valence-electron chi connectivity index (χ0n) is 14.3. The highest BCUT2D eigenvalue weighted by molar-refractivity contribution is 5.94. The van der Waals surface area contributed by atoms with Gasteiger partial charge in [0.25, 0.3) is 5.69 Å². The van der Waals surface area contributed by atoms with Crippen LogP contribution >= 0.6 is 0 Å². The number of nitrogens with zero attached hydrogens (tertiary/aromatic N) is 2. The number of carbonyl (C=O) groups is 1. The van der Waals surface area contributed by atoms with Crippen LogP contribution in [-0.4, -0.2) is 16.9 Å². The van der Waals surface area contributed by atoms with E-state index in [0.29, 0.717) is 28.3 Å². The monoisotopic (exact) mass is 348 g/mol. The summed E-state index contributed by atoms with van der Waals surface area (Å²) >= 11 is 0. The second-order valence-electron chi connectivity index (χ2n) is 5.84. The number of aryl methyl sites for hydroxylation is 1. The van der Waals surface area contributed by atoms with Crippen LogP contribution in [0.4, 0.5) is 11.4 Å². The zero-order valence-corrected chi connectivity index (χ0v) is 14.3. The Balaban J connectivity index is 1.84. The molecule has 6 nitrogen and oxygen atoms in total. The van der Waals surface area contributed by atoms with Crippen LogP contribution in [0.15, 0.2) is 64.0 Å². The molecule has 0 bridgehead atoms. The molecule has 26 heavy (non-hydrogen) atoms. The summed E-state index contributed by atoms with van der Waals surface area (Å²) in [4.78, 5) is 26.4. The molecule has 130 valence electrons. The van der Waals surface area contributed by atoms with Gasteiger partial charge < -0.3 is 4.42 Å². The van der Waals surface area contributed by atoms with Crippen LogP contribution in [0, 0.1) is 17.0 Å². The van der Waals surface area contributed by atoms with Crippen molar-refractivity contribution >= 4 is 23.4 Å². The zero-order chi connectivity index (χ0) is 18.7. The third kappa shape index (κ3) is 3.75. The van der Waals surface area contributed by atoms with Crippen molar-refractivity contribution in [1.82, 2.24) is 0 Å². The van der Waals surface area contributed by atoms with Gasteiger partial charge in [-0.15, -0.1) is 0 Å². The van der Waals surface area contributed by atoms with E-state index >= 15 is 0 Å². The van der Waals surface area contributed by atoms with Crippen molar-refractivity contribution in [1.29, 1.82) is 0 Å². The summed E-state index contributed by atoms with van der Waals surface area (Å²) in [5.41, 5.74) is 2.53. The Morgan fingerprint density at radius 3 is 2.50 bits per heavy atom. The summed E-state index contributed by atoms with van der Waals surface area (Å²) in [5.74, 6) is 0.881. The maximum Gasteiger partial charge on any atom is 0.280 e. The van der Waals surface area contributed by atoms with Crippen LogP contribution in [0.2, 0.25) is 0 Å². The van der Waals surface area contributed by atoms with E-state index in [9.17, 15) is 14.9 Å². The van der Waals surface area contributed by atoms with Gasteiger partial charge in [0, 0.05) is 11.6 Å². The number of benzene rings is 2. The third-order valence-electron chi connectivity index (χ3n) is 3.86. The van der Waals surface area contributed by atoms with E-state index in [1.54, 1.807) is 55.5 Å². The van der Waals surface area contributed by atoms with Crippen molar-refractivity contribution in [3.63, 3.8) is 0 Å². The second kappa shape index (κ2) is 7.14. The average molecular weight is 348 g/mol. The Morgan fingerprint density at radius 2 is 1.85 bits per heavy atom. The molecular weight excluding hydrogens is 332 g/mol. The molecule has 3 rings (SSSR count). The summed E-state index contributed by atoms with van der Waals surface area (Å²) < 4.78 is 5.68. The highest BCUT2D eigenvalue weighted by Gasteiger charge is 2.18. The van der Waals surface area contributed by atoms with E-state index in [2.05, 4.69) is 4.99 Å². The molecule has 1 heterocycles. The van der Waals surface area contributed by atoms with Gasteiger partial charge >= 0.3 is 0 Å². The van der Waals surface area contributed by atoms with Gasteiger partial charge in [0.15, 0.2) is 5.78 Å². The first-order valence-electron chi connectivity index (χ1n) is 7.94. The van der Waals surface area contributed by atoms with Gasteiger partial charge in [-0.05, 0) is 61.9 Å². The van der Waals surface area contributed by atoms with Gasteiger partial charge in [-0.25, -0.2) is 0 Å². The number of furan rings is 1. The molecule has 0 N–H and O–H groups in total. The third-order valence-corrected chi connectivity index (χ3v) is 3.86. The number of nitro benzene ring substituents is 1. The average Bonchev–Trinajstić information content (AvgIpc) is 3.09. The molecular formula is C20H16N2O4. The maximum absolute atomic E-state index is 11.3. The number of nitro groups is 1. The molecule has 0 aliphatic rings. The normalized spacial score (nSPS) is 11.0. The Labute approximate surface area is 150 Å². The standard InChI is InChI=1S/C20H16N2O4/c1-13-3-9-18(19(11-13)22(24)25)20-10-8-17(26-20)12-21-16-6-4-15(5-7-16)14(2)23/h3-12H,1-2H3. The second-order valence-corrected chi connectivity index (χ2v) is 5.84. The predicted octanol–water partition coefficient (Wildman–Crippen LogP) is 5.12. The van der Waals surface area contributed by atoms with Gasteiger partial charge in [0.2, 0.25) is 0 Å². The highest BCUT2D eigenvalue weighted by Crippen LogP contribution is 2.31. The van der Waals surface area contributed by atoms with Crippen molar-refractivity contribution in [2.24, 2.45) is 4.99 Å². The molecule has 1 aromatic heterocycles. The summed E-state index contributed by atoms with van der Waals surface area (Å²) in [6.07, 6.45) is 1.53. The van der Waals surface area contributed by atoms with E-state index in [0.717, 1.165) is 5.56 Å². The van der Waals surface area contributed by atoms with Crippen LogP contribution in [0.3, 0.4) is 0 Å². The fraction of sp³-hybridized carbons (Fsp3) is 0.100. The lowest BCUT2D eigenvalue weighted by molar-refractivity contribution is -0.384. The smallest absolute Gasteiger partial charge is 0.280 e. The predicted molar refractivity (Wildman–Crippen MR) is 99.2 cm³/mol. The molecule has 0 spiro atoms. The summed E-state index contributed by atoms with van der Waals surface area (Å²) in [6.45, 7) is 3.31. The molecule has 0 radical (unpaired) electrons. The summed E-state index contributed by atoms with van der Waals surface area (Å²) in [6, 6.07) is 15.3. The number of carbonyl (C=O) groups excluding carboxylic acids is 1. The Morgan fingerprint density at radius 1 is 1.12 bits per heavy atom. The van der Waals surface area contributed by atoms with Crippen molar-refractivity contribution < 1.29 is 14.1 Å². The number of hydrogen-bond donors (Lipinski definition) is 0. The largest absolute Gasteiger partial charge is 0.455 e. The first-order chi connectivity index (χ1) is 12.4. The van der Waals surface area contributed by atoms with Gasteiger partial charge in [0.1, 0.15) is 11.5 Å². The minimum atomic E-state index is -0.421. The molecule has 0 aliphatic heterocycles. The van der Waals surface area contributed by atoms with E-state index < -0.39 is 4.92 Å². The number of hydrogen-bond acceptors (Lipinski definition) is 5. The molecule has 2 aromatic carbocycles. The van der Waals surface area contributed by atoms with Crippen LogP contribution in [0.5, 0.6) is 0 Å².